The van der Waals surface area contributed by atoms with Gasteiger partial charge in [0.1, 0.15) is 5.82 Å². The second kappa shape index (κ2) is 17.6. The van der Waals surface area contributed by atoms with Crippen molar-refractivity contribution >= 4 is 21.8 Å². The summed E-state index contributed by atoms with van der Waals surface area (Å²) < 4.78 is 12.9. The summed E-state index contributed by atoms with van der Waals surface area (Å²) in [5.74, 6) is 2.75. The zero-order chi connectivity index (χ0) is 48.8. The number of benzene rings is 5. The van der Waals surface area contributed by atoms with E-state index in [2.05, 4.69) is 227 Å². The maximum absolute atomic E-state index is 6.76. The van der Waals surface area contributed by atoms with E-state index >= 15 is 0 Å². The van der Waals surface area contributed by atoms with Crippen LogP contribution in [0.15, 0.2) is 103 Å². The molecule has 0 spiro atoms. The third kappa shape index (κ3) is 10.3. The number of aromatic nitrogens is 5. The molecule has 0 radical (unpaired) electrons. The largest absolute Gasteiger partial charge is 0.510 e. The van der Waals surface area contributed by atoms with Gasteiger partial charge in [-0.2, -0.15) is 22.9 Å². The van der Waals surface area contributed by atoms with Crippen LogP contribution in [-0.2, 0) is 53.6 Å². The molecule has 0 fully saturated rings. The zero-order valence-electron chi connectivity index (χ0n) is 43.8. The van der Waals surface area contributed by atoms with Gasteiger partial charge in [0.05, 0.1) is 5.69 Å². The van der Waals surface area contributed by atoms with Gasteiger partial charge < -0.3 is 13.9 Å². The molecule has 0 aliphatic heterocycles. The standard InChI is InChI=1S/C61H71N5O.Pt/c1-56(2,3)40-22-25-52-51(34-40)50-24-23-49(37-53(50)66(52)54-35-41(26-27-62-54)57(4,5)6)67-48-21-19-20-46(36-48)64-38-65(47-32-44(60(13,14)15)31-45(33-47)61(16,17)18)63-55(64)39-28-42(58(7,8)9)30-43(29-39)59(10,11)12;/h19-35H,1-18H3;/q-2;. The molecule has 3 heterocycles. The number of pyridine rings is 1. The van der Waals surface area contributed by atoms with E-state index in [1.807, 2.05) is 33.6 Å². The van der Waals surface area contributed by atoms with Crippen molar-refractivity contribution in [3.8, 4) is 40.1 Å². The predicted octanol–water partition coefficient (Wildman–Crippen LogP) is 15.3. The summed E-state index contributed by atoms with van der Waals surface area (Å²) >= 11 is 0. The third-order valence-electron chi connectivity index (χ3n) is 13.0. The molecule has 7 heteroatoms. The van der Waals surface area contributed by atoms with E-state index in [1.165, 1.54) is 33.4 Å². The van der Waals surface area contributed by atoms with E-state index in [0.717, 1.165) is 50.4 Å². The van der Waals surface area contributed by atoms with Gasteiger partial charge in [-0.1, -0.05) is 184 Å². The molecule has 68 heavy (non-hydrogen) atoms. The molecule has 8 aromatic rings. The van der Waals surface area contributed by atoms with Crippen LogP contribution in [0.1, 0.15) is 158 Å². The van der Waals surface area contributed by atoms with Crippen molar-refractivity contribution in [1.82, 2.24) is 19.2 Å². The van der Waals surface area contributed by atoms with Gasteiger partial charge in [-0.3, -0.25) is 0 Å². The average Bonchev–Trinajstić information content (AvgIpc) is 3.82. The Morgan fingerprint density at radius 3 is 1.59 bits per heavy atom. The van der Waals surface area contributed by atoms with Gasteiger partial charge in [0, 0.05) is 49.8 Å². The first-order valence-electron chi connectivity index (χ1n) is 23.9. The van der Waals surface area contributed by atoms with Crippen LogP contribution >= 0.6 is 0 Å². The van der Waals surface area contributed by atoms with E-state index in [1.54, 1.807) is 0 Å². The van der Waals surface area contributed by atoms with Crippen LogP contribution in [0.2, 0.25) is 0 Å². The summed E-state index contributed by atoms with van der Waals surface area (Å²) in [7, 11) is 0. The van der Waals surface area contributed by atoms with E-state index in [9.17, 15) is 0 Å². The van der Waals surface area contributed by atoms with Crippen LogP contribution in [0.25, 0.3) is 50.4 Å². The summed E-state index contributed by atoms with van der Waals surface area (Å²) in [6.45, 7) is 40.7. The summed E-state index contributed by atoms with van der Waals surface area (Å²) in [5, 5.41) is 7.67. The van der Waals surface area contributed by atoms with Crippen molar-refractivity contribution in [3.05, 3.63) is 155 Å². The van der Waals surface area contributed by atoms with E-state index in [0.29, 0.717) is 11.5 Å². The number of hydrogen-bond donors (Lipinski definition) is 0. The number of hydrogen-bond acceptors (Lipinski definition) is 3. The first-order chi connectivity index (χ1) is 30.9. The van der Waals surface area contributed by atoms with Crippen molar-refractivity contribution in [2.45, 2.75) is 157 Å². The molecule has 0 saturated carbocycles. The molecular weight excluding hydrogens is 1010 g/mol. The van der Waals surface area contributed by atoms with Crippen LogP contribution < -0.4 is 9.42 Å². The molecule has 0 aliphatic rings. The van der Waals surface area contributed by atoms with E-state index in [-0.39, 0.29) is 53.6 Å². The molecule has 5 aromatic carbocycles. The van der Waals surface area contributed by atoms with Crippen LogP contribution in [-0.4, -0.2) is 19.2 Å². The summed E-state index contributed by atoms with van der Waals surface area (Å²) in [6.07, 6.45) is 5.60. The quantitative estimate of drug-likeness (QED) is 0.123. The van der Waals surface area contributed by atoms with Crippen molar-refractivity contribution in [3.63, 3.8) is 0 Å². The number of ether oxygens (including phenoxy) is 1. The van der Waals surface area contributed by atoms with Crippen molar-refractivity contribution in [1.29, 1.82) is 0 Å². The van der Waals surface area contributed by atoms with Gasteiger partial charge in [0.2, 0.25) is 0 Å². The van der Waals surface area contributed by atoms with Crippen molar-refractivity contribution in [2.75, 3.05) is 0 Å². The molecule has 0 N–H and O–H groups in total. The first kappa shape index (κ1) is 50.6. The van der Waals surface area contributed by atoms with Crippen molar-refractivity contribution < 1.29 is 30.5 Å². The molecular formula is C61H71N5OPt-2. The zero-order valence-corrected chi connectivity index (χ0v) is 46.0. The molecule has 0 unspecified atom stereocenters. The molecule has 358 valence electrons. The second-order valence-electron chi connectivity index (χ2n) is 24.8. The van der Waals surface area contributed by atoms with Crippen molar-refractivity contribution in [2.24, 2.45) is 0 Å². The maximum atomic E-state index is 6.76. The fraction of sp³-hybridized carbons (Fsp3) is 0.393. The van der Waals surface area contributed by atoms with Gasteiger partial charge in [-0.15, -0.1) is 34.8 Å². The minimum Gasteiger partial charge on any atom is -0.510 e. The summed E-state index contributed by atoms with van der Waals surface area (Å²) in [5.41, 5.74) is 11.8. The number of fused-ring (bicyclic) bond motifs is 3. The molecule has 0 saturated heterocycles. The second-order valence-corrected chi connectivity index (χ2v) is 24.8. The van der Waals surface area contributed by atoms with E-state index < -0.39 is 0 Å². The summed E-state index contributed by atoms with van der Waals surface area (Å²) in [4.78, 5) is 4.94. The smallest absolute Gasteiger partial charge is 0.272 e. The Morgan fingerprint density at radius 2 is 1.03 bits per heavy atom. The van der Waals surface area contributed by atoms with Crippen LogP contribution in [0, 0.1) is 18.5 Å². The molecule has 6 nitrogen and oxygen atoms in total. The van der Waals surface area contributed by atoms with Gasteiger partial charge in [0.25, 0.3) is 6.33 Å². The Labute approximate surface area is 421 Å². The molecule has 0 aliphatic carbocycles. The normalized spacial score (nSPS) is 13.0. The third-order valence-corrected chi connectivity index (χ3v) is 13.0. The molecule has 0 atom stereocenters. The fourth-order valence-electron chi connectivity index (χ4n) is 8.44. The summed E-state index contributed by atoms with van der Waals surface area (Å²) in [6, 6.07) is 42.4. The molecule has 8 rings (SSSR count). The minimum atomic E-state index is -0.0840. The first-order valence-corrected chi connectivity index (χ1v) is 23.9. The predicted molar refractivity (Wildman–Crippen MR) is 278 cm³/mol. The SMILES string of the molecule is CC(C)(C)c1cc(-c2n[n+](-c3cc(C(C)(C)C)cc(C(C)(C)C)c3)[c-]n2-c2[c-]c(Oc3[c-]c4c(cc3)c3cc(C(C)(C)C)ccc3n4-c3cc(C(C)(C)C)ccn3)ccc2)cc(C(C)(C)C)c1.[Pt]. The average molecular weight is 1090 g/mol. The maximum Gasteiger partial charge on any atom is 0.272 e. The van der Waals surface area contributed by atoms with E-state index in [4.69, 9.17) is 14.8 Å². The Kier molecular flexibility index (Phi) is 13.1. The minimum absolute atomic E-state index is 0. The van der Waals surface area contributed by atoms with Gasteiger partial charge >= 0.3 is 0 Å². The topological polar surface area (TPSA) is 48.8 Å². The fourth-order valence-corrected chi connectivity index (χ4v) is 8.44. The Bertz CT molecular complexity index is 3100. The molecule has 0 amide bonds. The monoisotopic (exact) mass is 1080 g/mol. The molecule has 0 bridgehead atoms. The Morgan fingerprint density at radius 1 is 0.500 bits per heavy atom. The van der Waals surface area contributed by atoms with Crippen LogP contribution in [0.4, 0.5) is 0 Å². The Hall–Kier alpha value is -5.32. The van der Waals surface area contributed by atoms with Crippen LogP contribution in [0.3, 0.4) is 0 Å². The number of rotatable bonds is 6. The Balaban J connectivity index is 0.00000684. The van der Waals surface area contributed by atoms with Crippen LogP contribution in [0.5, 0.6) is 11.5 Å². The van der Waals surface area contributed by atoms with Gasteiger partial charge in [-0.05, 0) is 89.5 Å². The molecule has 3 aromatic heterocycles. The van der Waals surface area contributed by atoms with Gasteiger partial charge in [0.15, 0.2) is 5.82 Å². The van der Waals surface area contributed by atoms with Gasteiger partial charge in [-0.25, -0.2) is 4.98 Å². The number of nitrogens with zero attached hydrogens (tertiary/aromatic N) is 5.